The Hall–Kier alpha value is -3.13. The van der Waals surface area contributed by atoms with E-state index in [9.17, 15) is 13.6 Å². The van der Waals surface area contributed by atoms with E-state index in [1.54, 1.807) is 48.3 Å². The molecule has 4 aromatic rings. The number of imidazole rings is 1. The summed E-state index contributed by atoms with van der Waals surface area (Å²) in [6.07, 6.45) is 3.65. The molecule has 0 aliphatic heterocycles. The highest BCUT2D eigenvalue weighted by molar-refractivity contribution is 7.97. The Bertz CT molecular complexity index is 1220. The summed E-state index contributed by atoms with van der Waals surface area (Å²) in [4.78, 5) is 18.8. The lowest BCUT2D eigenvalue weighted by Crippen LogP contribution is -2.09. The predicted molar refractivity (Wildman–Crippen MR) is 115 cm³/mol. The van der Waals surface area contributed by atoms with Gasteiger partial charge in [0.1, 0.15) is 11.6 Å². The molecule has 4 rings (SSSR count). The van der Waals surface area contributed by atoms with Crippen LogP contribution in [0, 0.1) is 0 Å². The maximum Gasteiger partial charge on any atom is 0.387 e. The number of thioether (sulfide) groups is 1. The Labute approximate surface area is 175 Å². The van der Waals surface area contributed by atoms with Gasteiger partial charge in [-0.1, -0.05) is 24.3 Å². The van der Waals surface area contributed by atoms with Crippen molar-refractivity contribution in [2.45, 2.75) is 18.9 Å². The Morgan fingerprint density at radius 3 is 2.67 bits per heavy atom. The lowest BCUT2D eigenvalue weighted by molar-refractivity contribution is -0.0504. The second-order valence-corrected chi connectivity index (χ2v) is 7.54. The molecule has 0 spiro atoms. The van der Waals surface area contributed by atoms with Crippen LogP contribution in [0.5, 0.6) is 5.75 Å². The molecule has 2 aromatic carbocycles. The van der Waals surface area contributed by atoms with Gasteiger partial charge in [0.15, 0.2) is 0 Å². The van der Waals surface area contributed by atoms with E-state index < -0.39 is 6.61 Å². The highest BCUT2D eigenvalue weighted by Gasteiger charge is 2.15. The third kappa shape index (κ3) is 4.23. The van der Waals surface area contributed by atoms with Gasteiger partial charge in [0.05, 0.1) is 23.3 Å². The summed E-state index contributed by atoms with van der Waals surface area (Å²) >= 11 is 1.64. The molecule has 1 N–H and O–H groups in total. The number of ether oxygens (including phenoxy) is 1. The van der Waals surface area contributed by atoms with Crippen molar-refractivity contribution in [1.29, 1.82) is 0 Å². The van der Waals surface area contributed by atoms with Gasteiger partial charge in [0.2, 0.25) is 5.56 Å². The number of fused-ring (bicyclic) bond motifs is 1. The summed E-state index contributed by atoms with van der Waals surface area (Å²) in [7, 11) is 0. The highest BCUT2D eigenvalue weighted by atomic mass is 32.2. The molecule has 154 valence electrons. The van der Waals surface area contributed by atoms with E-state index in [0.717, 1.165) is 28.0 Å². The quantitative estimate of drug-likeness (QED) is 0.456. The van der Waals surface area contributed by atoms with Gasteiger partial charge in [-0.15, -0.1) is 0 Å². The van der Waals surface area contributed by atoms with Gasteiger partial charge in [-0.3, -0.25) is 4.79 Å². The number of pyridine rings is 1. The Morgan fingerprint density at radius 1 is 1.13 bits per heavy atom. The lowest BCUT2D eigenvalue weighted by Gasteiger charge is -2.14. The predicted octanol–water partition coefficient (Wildman–Crippen LogP) is 4.90. The van der Waals surface area contributed by atoms with Crippen molar-refractivity contribution in [3.8, 4) is 16.9 Å². The van der Waals surface area contributed by atoms with Crippen LogP contribution in [0.1, 0.15) is 11.4 Å². The minimum atomic E-state index is -2.89. The van der Waals surface area contributed by atoms with E-state index in [1.807, 2.05) is 29.0 Å². The summed E-state index contributed by atoms with van der Waals surface area (Å²) in [5, 5.41) is 0. The van der Waals surface area contributed by atoms with Crippen molar-refractivity contribution < 1.29 is 13.5 Å². The molecular formula is C22H19F2N3O2S. The van der Waals surface area contributed by atoms with Gasteiger partial charge in [-0.2, -0.15) is 20.5 Å². The molecule has 5 nitrogen and oxygen atoms in total. The van der Waals surface area contributed by atoms with E-state index in [0.29, 0.717) is 17.9 Å². The average Bonchev–Trinajstić information content (AvgIpc) is 3.06. The molecule has 0 aliphatic carbocycles. The molecule has 0 unspecified atom stereocenters. The van der Waals surface area contributed by atoms with E-state index in [4.69, 9.17) is 9.72 Å². The third-order valence-corrected chi connectivity index (χ3v) is 5.28. The molecule has 8 heteroatoms. The van der Waals surface area contributed by atoms with Crippen LogP contribution >= 0.6 is 11.8 Å². The first-order valence-corrected chi connectivity index (χ1v) is 10.6. The fraction of sp³-hybridized carbons (Fsp3) is 0.182. The lowest BCUT2D eigenvalue weighted by atomic mass is 10.1. The molecule has 2 aromatic heterocycles. The van der Waals surface area contributed by atoms with E-state index in [1.165, 1.54) is 6.07 Å². The maximum atomic E-state index is 12.8. The van der Waals surface area contributed by atoms with Crippen LogP contribution in [-0.2, 0) is 12.3 Å². The Morgan fingerprint density at radius 2 is 1.93 bits per heavy atom. The van der Waals surface area contributed by atoms with Crippen molar-refractivity contribution in [2.75, 3.05) is 6.26 Å². The first kappa shape index (κ1) is 20.2. The number of H-pyrrole nitrogens is 1. The molecule has 30 heavy (non-hydrogen) atoms. The zero-order chi connectivity index (χ0) is 21.1. The van der Waals surface area contributed by atoms with E-state index in [2.05, 4.69) is 4.98 Å². The summed E-state index contributed by atoms with van der Waals surface area (Å²) in [6.45, 7) is -2.53. The second kappa shape index (κ2) is 8.71. The molecular weight excluding hydrogens is 408 g/mol. The number of alkyl halides is 2. The number of benzene rings is 2. The normalized spacial score (nSPS) is 11.3. The van der Waals surface area contributed by atoms with Crippen LogP contribution < -0.4 is 10.3 Å². The van der Waals surface area contributed by atoms with Crippen molar-refractivity contribution >= 4 is 22.8 Å². The van der Waals surface area contributed by atoms with Crippen LogP contribution in [0.4, 0.5) is 8.78 Å². The monoisotopic (exact) mass is 427 g/mol. The summed E-state index contributed by atoms with van der Waals surface area (Å²) in [5.41, 5.74) is 3.98. The number of para-hydroxylation sites is 1. The van der Waals surface area contributed by atoms with Gasteiger partial charge in [-0.05, 0) is 41.6 Å². The van der Waals surface area contributed by atoms with Crippen LogP contribution in [0.15, 0.2) is 65.6 Å². The van der Waals surface area contributed by atoms with Gasteiger partial charge in [0.25, 0.3) is 0 Å². The average molecular weight is 427 g/mol. The van der Waals surface area contributed by atoms with Crippen molar-refractivity contribution in [2.24, 2.45) is 0 Å². The molecule has 0 fully saturated rings. The number of rotatable bonds is 7. The minimum Gasteiger partial charge on any atom is -0.434 e. The number of nitrogens with zero attached hydrogens (tertiary/aromatic N) is 2. The van der Waals surface area contributed by atoms with E-state index in [-0.39, 0.29) is 11.3 Å². The van der Waals surface area contributed by atoms with Gasteiger partial charge < -0.3 is 14.3 Å². The zero-order valence-corrected chi connectivity index (χ0v) is 17.0. The molecule has 0 radical (unpaired) electrons. The third-order valence-electron chi connectivity index (χ3n) is 4.74. The minimum absolute atomic E-state index is 0.154. The zero-order valence-electron chi connectivity index (χ0n) is 16.1. The van der Waals surface area contributed by atoms with Crippen LogP contribution in [0.25, 0.3) is 22.2 Å². The van der Waals surface area contributed by atoms with E-state index >= 15 is 0 Å². The summed E-state index contributed by atoms with van der Waals surface area (Å²) in [5.74, 6) is 1.68. The number of aromatic amines is 1. The second-order valence-electron chi connectivity index (χ2n) is 6.68. The molecule has 0 amide bonds. The Kier molecular flexibility index (Phi) is 5.85. The summed E-state index contributed by atoms with van der Waals surface area (Å²) in [6, 6.07) is 15.9. The molecule has 0 aliphatic rings. The first-order valence-electron chi connectivity index (χ1n) is 9.25. The van der Waals surface area contributed by atoms with Crippen molar-refractivity contribution in [1.82, 2.24) is 14.5 Å². The number of hydrogen-bond acceptors (Lipinski definition) is 4. The fourth-order valence-corrected chi connectivity index (χ4v) is 3.85. The first-order chi connectivity index (χ1) is 14.5. The number of hydrogen-bond donors (Lipinski definition) is 1. The van der Waals surface area contributed by atoms with Crippen LogP contribution in [0.3, 0.4) is 0 Å². The molecule has 0 bridgehead atoms. The van der Waals surface area contributed by atoms with Crippen molar-refractivity contribution in [3.63, 3.8) is 0 Å². The molecule has 0 saturated heterocycles. The standard InChI is InChI=1S/C22H19F2N3O2S/c1-30-13-20-26-17-8-6-14(15-7-9-21(28)25-11-15)10-18(17)27(20)12-16-4-2-3-5-19(16)29-22(23)24/h2-11,22H,12-13H2,1H3,(H,25,28). The Balaban J connectivity index is 1.81. The van der Waals surface area contributed by atoms with Gasteiger partial charge in [0, 0.05) is 17.8 Å². The SMILES string of the molecule is CSCc1nc2ccc(-c3ccc(=O)[nH]c3)cc2n1Cc1ccccc1OC(F)F. The maximum absolute atomic E-state index is 12.8. The molecule has 2 heterocycles. The smallest absolute Gasteiger partial charge is 0.387 e. The van der Waals surface area contributed by atoms with Crippen molar-refractivity contribution in [3.05, 3.63) is 82.5 Å². The summed E-state index contributed by atoms with van der Waals surface area (Å²) < 4.78 is 32.4. The topological polar surface area (TPSA) is 59.9 Å². The molecule has 0 atom stereocenters. The number of aromatic nitrogens is 3. The van der Waals surface area contributed by atoms with Crippen LogP contribution in [0.2, 0.25) is 0 Å². The fourth-order valence-electron chi connectivity index (χ4n) is 3.37. The van der Waals surface area contributed by atoms with Gasteiger partial charge in [-0.25, -0.2) is 4.98 Å². The number of nitrogens with one attached hydrogen (secondary N) is 1. The largest absolute Gasteiger partial charge is 0.434 e. The van der Waals surface area contributed by atoms with Gasteiger partial charge >= 0.3 is 6.61 Å². The number of halogens is 2. The van der Waals surface area contributed by atoms with Crippen LogP contribution in [-0.4, -0.2) is 27.4 Å². The highest BCUT2D eigenvalue weighted by Crippen LogP contribution is 2.28. The molecule has 0 saturated carbocycles.